The highest BCUT2D eigenvalue weighted by atomic mass is 16.5. The molecule has 2 heterocycles. The summed E-state index contributed by atoms with van der Waals surface area (Å²) >= 11 is 0. The zero-order chi connectivity index (χ0) is 21.1. The molecule has 0 unspecified atom stereocenters. The quantitative estimate of drug-likeness (QED) is 0.241. The van der Waals surface area contributed by atoms with Crippen LogP contribution in [-0.2, 0) is 7.05 Å². The van der Waals surface area contributed by atoms with Crippen molar-refractivity contribution in [1.82, 2.24) is 15.0 Å². The zero-order valence-electron chi connectivity index (χ0n) is 17.4. The molecule has 31 heavy (non-hydrogen) atoms. The lowest BCUT2D eigenvalue weighted by molar-refractivity contribution is -0.620. The summed E-state index contributed by atoms with van der Waals surface area (Å²) in [4.78, 5) is 14.9. The lowest BCUT2D eigenvalue weighted by Crippen LogP contribution is -2.32. The molecule has 6 rings (SSSR count). The Morgan fingerprint density at radius 3 is 1.74 bits per heavy atom. The van der Waals surface area contributed by atoms with Gasteiger partial charge in [0.15, 0.2) is 16.8 Å². The molecule has 0 atom stereocenters. The maximum atomic E-state index is 5.61. The molecule has 0 radical (unpaired) electrons. The van der Waals surface area contributed by atoms with Gasteiger partial charge < -0.3 is 9.47 Å². The van der Waals surface area contributed by atoms with E-state index in [9.17, 15) is 0 Å². The minimum atomic E-state index is 0.564. The van der Waals surface area contributed by atoms with Gasteiger partial charge in [-0.25, -0.2) is 14.5 Å². The highest BCUT2D eigenvalue weighted by Gasteiger charge is 2.24. The maximum absolute atomic E-state index is 5.61. The van der Waals surface area contributed by atoms with Gasteiger partial charge in [0.25, 0.3) is 0 Å². The van der Waals surface area contributed by atoms with E-state index in [1.54, 1.807) is 14.2 Å². The minimum Gasteiger partial charge on any atom is -0.494 e. The van der Waals surface area contributed by atoms with Gasteiger partial charge in [-0.2, -0.15) is 0 Å². The van der Waals surface area contributed by atoms with Crippen LogP contribution in [0.25, 0.3) is 54.9 Å². The number of methoxy groups -OCH3 is 2. The monoisotopic (exact) mass is 407 g/mol. The van der Waals surface area contributed by atoms with Crippen LogP contribution in [0.2, 0.25) is 0 Å². The lowest BCUT2D eigenvalue weighted by Gasteiger charge is -2.11. The van der Waals surface area contributed by atoms with Gasteiger partial charge in [0, 0.05) is 10.8 Å². The Morgan fingerprint density at radius 1 is 0.613 bits per heavy atom. The Kier molecular flexibility index (Phi) is 3.71. The molecule has 6 nitrogen and oxygen atoms in total. The van der Waals surface area contributed by atoms with Crippen LogP contribution in [0.5, 0.6) is 11.5 Å². The summed E-state index contributed by atoms with van der Waals surface area (Å²) in [5.41, 5.74) is 4.46. The van der Waals surface area contributed by atoms with Gasteiger partial charge in [0.1, 0.15) is 11.3 Å². The number of benzene rings is 4. The summed E-state index contributed by atoms with van der Waals surface area (Å²) in [7, 11) is 5.24. The van der Waals surface area contributed by atoms with Gasteiger partial charge in [0.2, 0.25) is 11.2 Å². The number of rotatable bonds is 2. The third kappa shape index (κ3) is 2.39. The first kappa shape index (κ1) is 17.8. The Balaban J connectivity index is 1.88. The van der Waals surface area contributed by atoms with Crippen LogP contribution in [0.15, 0.2) is 60.7 Å². The molecule has 6 aromatic rings. The van der Waals surface area contributed by atoms with Crippen molar-refractivity contribution in [1.29, 1.82) is 0 Å². The van der Waals surface area contributed by atoms with Gasteiger partial charge in [-0.15, -0.1) is 0 Å². The van der Waals surface area contributed by atoms with Crippen LogP contribution in [0, 0.1) is 0 Å². The number of hydrogen-bond acceptors (Lipinski definition) is 5. The van der Waals surface area contributed by atoms with Crippen molar-refractivity contribution in [2.75, 3.05) is 14.2 Å². The molecule has 0 bridgehead atoms. The van der Waals surface area contributed by atoms with E-state index in [1.165, 1.54) is 0 Å². The summed E-state index contributed by atoms with van der Waals surface area (Å²) in [6, 6.07) is 20.4. The number of fused-ring (bicyclic) bond motifs is 8. The van der Waals surface area contributed by atoms with Gasteiger partial charge >= 0.3 is 5.65 Å². The molecule has 0 spiro atoms. The van der Waals surface area contributed by atoms with Crippen molar-refractivity contribution in [3.8, 4) is 11.5 Å². The third-order valence-corrected chi connectivity index (χ3v) is 5.90. The van der Waals surface area contributed by atoms with Crippen molar-refractivity contribution in [3.05, 3.63) is 60.7 Å². The van der Waals surface area contributed by atoms with Gasteiger partial charge in [-0.1, -0.05) is 42.5 Å². The summed E-state index contributed by atoms with van der Waals surface area (Å²) in [5, 5.41) is 4.45. The molecule has 2 aromatic heterocycles. The van der Waals surface area contributed by atoms with E-state index in [2.05, 4.69) is 36.4 Å². The fourth-order valence-electron chi connectivity index (χ4n) is 4.46. The number of aryl methyl sites for hydroxylation is 1. The summed E-state index contributed by atoms with van der Waals surface area (Å²) < 4.78 is 13.2. The van der Waals surface area contributed by atoms with Crippen LogP contribution in [0.3, 0.4) is 0 Å². The standard InChI is InChI=1S/C25H19N4O2/c1-29-23-19(31-3)13-12-18(30-2)22(23)27-24-25(29)28-21-17-11-7-5-9-15(17)14-8-4-6-10-16(14)20(21)26-24/h4-13H,1-3H3/q+1. The normalized spacial score (nSPS) is 11.7. The molecule has 0 N–H and O–H groups in total. The smallest absolute Gasteiger partial charge is 0.369 e. The summed E-state index contributed by atoms with van der Waals surface area (Å²) in [5.74, 6) is 1.37. The molecule has 6 heteroatoms. The third-order valence-electron chi connectivity index (χ3n) is 5.90. The predicted octanol–water partition coefficient (Wildman–Crippen LogP) is 4.48. The zero-order valence-corrected chi connectivity index (χ0v) is 17.4. The maximum Gasteiger partial charge on any atom is 0.369 e. The van der Waals surface area contributed by atoms with Gasteiger partial charge in [-0.3, -0.25) is 0 Å². The Labute approximate surface area is 177 Å². The minimum absolute atomic E-state index is 0.564. The lowest BCUT2D eigenvalue weighted by atomic mass is 10.00. The van der Waals surface area contributed by atoms with E-state index in [-0.39, 0.29) is 0 Å². The van der Waals surface area contributed by atoms with Gasteiger partial charge in [-0.05, 0) is 34.0 Å². The number of hydrogen-bond donors (Lipinski definition) is 0. The van der Waals surface area contributed by atoms with E-state index in [4.69, 9.17) is 24.4 Å². The second-order valence-corrected chi connectivity index (χ2v) is 7.50. The molecular weight excluding hydrogens is 388 g/mol. The first-order chi connectivity index (χ1) is 15.2. The molecule has 0 fully saturated rings. The van der Waals surface area contributed by atoms with Crippen molar-refractivity contribution in [2.45, 2.75) is 0 Å². The second kappa shape index (κ2) is 6.47. The van der Waals surface area contributed by atoms with E-state index in [1.807, 2.05) is 35.9 Å². The molecule has 0 saturated carbocycles. The van der Waals surface area contributed by atoms with Crippen LogP contribution in [-0.4, -0.2) is 29.2 Å². The van der Waals surface area contributed by atoms with Crippen molar-refractivity contribution in [2.24, 2.45) is 7.05 Å². The molecule has 0 amide bonds. The molecule has 0 aliphatic carbocycles. The van der Waals surface area contributed by atoms with Crippen LogP contribution in [0.1, 0.15) is 0 Å². The SMILES string of the molecule is COc1ccc(OC)c2c1nc1nc3c4ccccc4c4ccccc4c3nc1[n+]2C. The fraction of sp³-hybridized carbons (Fsp3) is 0.120. The largest absolute Gasteiger partial charge is 0.494 e. The van der Waals surface area contributed by atoms with E-state index < -0.39 is 0 Å². The average Bonchev–Trinajstić information content (AvgIpc) is 2.83. The van der Waals surface area contributed by atoms with E-state index >= 15 is 0 Å². The average molecular weight is 407 g/mol. The first-order valence-corrected chi connectivity index (χ1v) is 10.0. The first-order valence-electron chi connectivity index (χ1n) is 10.0. The molecule has 0 saturated heterocycles. The van der Waals surface area contributed by atoms with Crippen molar-refractivity contribution >= 4 is 54.9 Å². The fourth-order valence-corrected chi connectivity index (χ4v) is 4.46. The highest BCUT2D eigenvalue weighted by molar-refractivity contribution is 6.23. The number of nitrogens with zero attached hydrogens (tertiary/aromatic N) is 4. The molecule has 0 aliphatic rings. The van der Waals surface area contributed by atoms with E-state index in [0.29, 0.717) is 28.3 Å². The van der Waals surface area contributed by atoms with Crippen molar-refractivity contribution < 1.29 is 14.0 Å². The molecule has 0 aliphatic heterocycles. The Morgan fingerprint density at radius 2 is 1.13 bits per heavy atom. The summed E-state index contributed by atoms with van der Waals surface area (Å²) in [6.07, 6.45) is 0. The van der Waals surface area contributed by atoms with E-state index in [0.717, 1.165) is 38.1 Å². The molecule has 4 aromatic carbocycles. The second-order valence-electron chi connectivity index (χ2n) is 7.50. The Bertz CT molecular complexity index is 1680. The van der Waals surface area contributed by atoms with Crippen LogP contribution < -0.4 is 14.0 Å². The van der Waals surface area contributed by atoms with Gasteiger partial charge in [0.05, 0.1) is 21.3 Å². The van der Waals surface area contributed by atoms with Crippen LogP contribution >= 0.6 is 0 Å². The predicted molar refractivity (Wildman–Crippen MR) is 122 cm³/mol. The van der Waals surface area contributed by atoms with Crippen molar-refractivity contribution in [3.63, 3.8) is 0 Å². The molecular formula is C25H19N4O2+. The Hall–Kier alpha value is -4.06. The topological polar surface area (TPSA) is 61.0 Å². The van der Waals surface area contributed by atoms with Crippen LogP contribution in [0.4, 0.5) is 0 Å². The molecule has 150 valence electrons. The highest BCUT2D eigenvalue weighted by Crippen LogP contribution is 2.35. The summed E-state index contributed by atoms with van der Waals surface area (Å²) in [6.45, 7) is 0. The number of aromatic nitrogens is 4. The number of ether oxygens (including phenoxy) is 2.